The number of thiophene rings is 1. The summed E-state index contributed by atoms with van der Waals surface area (Å²) >= 11 is 1.18. The van der Waals surface area contributed by atoms with E-state index in [1.807, 2.05) is 0 Å². The Morgan fingerprint density at radius 2 is 1.89 bits per heavy atom. The second-order valence-corrected chi connectivity index (χ2v) is 8.27. The molecule has 0 spiro atoms. The van der Waals surface area contributed by atoms with Gasteiger partial charge in [-0.3, -0.25) is 4.79 Å². The summed E-state index contributed by atoms with van der Waals surface area (Å²) < 4.78 is 16.4. The molecule has 146 valence electrons. The molecule has 0 unspecified atom stereocenters. The van der Waals surface area contributed by atoms with Crippen LogP contribution >= 0.6 is 11.3 Å². The number of carboxylic acids is 2. The molecule has 0 atom stereocenters. The predicted octanol–water partition coefficient (Wildman–Crippen LogP) is 5.34. The molecule has 4 rings (SSSR count). The monoisotopic (exact) mass is 401 g/mol. The molecule has 0 bridgehead atoms. The highest BCUT2D eigenvalue weighted by molar-refractivity contribution is 7.21. The third kappa shape index (κ3) is 3.30. The first kappa shape index (κ1) is 18.7. The zero-order valence-electron chi connectivity index (χ0n) is 15.2. The van der Waals surface area contributed by atoms with Crippen molar-refractivity contribution < 1.29 is 24.2 Å². The van der Waals surface area contributed by atoms with Crippen LogP contribution < -0.4 is 0 Å². The van der Waals surface area contributed by atoms with E-state index in [2.05, 4.69) is 0 Å². The fourth-order valence-corrected chi connectivity index (χ4v) is 5.40. The van der Waals surface area contributed by atoms with Gasteiger partial charge in [0, 0.05) is 5.56 Å². The Labute approximate surface area is 165 Å². The maximum absolute atomic E-state index is 14.0. The van der Waals surface area contributed by atoms with Crippen LogP contribution in [0, 0.1) is 5.82 Å². The van der Waals surface area contributed by atoms with Crippen LogP contribution in [0.1, 0.15) is 53.3 Å². The van der Waals surface area contributed by atoms with Gasteiger partial charge in [0.05, 0.1) is 15.9 Å². The van der Waals surface area contributed by atoms with E-state index in [1.165, 1.54) is 23.5 Å². The number of aromatic nitrogens is 1. The number of aliphatic carboxylic acids is 1. The summed E-state index contributed by atoms with van der Waals surface area (Å²) in [6.07, 6.45) is 5.26. The molecule has 0 radical (unpaired) electrons. The molecule has 5 nitrogen and oxygen atoms in total. The number of halogens is 1. The Bertz CT molecular complexity index is 1060. The molecule has 0 amide bonds. The molecule has 2 heterocycles. The summed E-state index contributed by atoms with van der Waals surface area (Å²) in [7, 11) is 0. The molecule has 0 aliphatic heterocycles. The zero-order chi connectivity index (χ0) is 19.8. The fraction of sp³-hybridized carbons (Fsp3) is 0.333. The van der Waals surface area contributed by atoms with Crippen molar-refractivity contribution in [3.63, 3.8) is 0 Å². The Balaban J connectivity index is 2.03. The second-order valence-electron chi connectivity index (χ2n) is 7.22. The normalized spacial score (nSPS) is 15.2. The minimum atomic E-state index is -1.02. The van der Waals surface area contributed by atoms with Gasteiger partial charge in [0.25, 0.3) is 0 Å². The average molecular weight is 401 g/mol. The molecule has 1 aliphatic carbocycles. The average Bonchev–Trinajstić information content (AvgIpc) is 3.20. The Hall–Kier alpha value is -2.67. The van der Waals surface area contributed by atoms with Crippen molar-refractivity contribution in [2.75, 3.05) is 0 Å². The number of rotatable bonds is 5. The summed E-state index contributed by atoms with van der Waals surface area (Å²) in [4.78, 5) is 23.3. The van der Waals surface area contributed by atoms with Crippen molar-refractivity contribution in [3.8, 4) is 11.3 Å². The maximum Gasteiger partial charge on any atom is 0.345 e. The molecule has 0 saturated heterocycles. The molecule has 1 fully saturated rings. The van der Waals surface area contributed by atoms with E-state index in [-0.39, 0.29) is 23.2 Å². The number of nitrogens with zero attached hydrogens (tertiary/aromatic N) is 1. The Morgan fingerprint density at radius 1 is 1.14 bits per heavy atom. The van der Waals surface area contributed by atoms with Gasteiger partial charge < -0.3 is 14.8 Å². The van der Waals surface area contributed by atoms with Gasteiger partial charge in [0.15, 0.2) is 0 Å². The highest BCUT2D eigenvalue weighted by atomic mass is 32.1. The molecular weight excluding hydrogens is 381 g/mol. The standard InChI is InChI=1S/C21H20FNO4S/c22-14-8-4-7-13(9-14)19-18(12-5-2-1-3-6-12)20-15(23(19)11-17(24)25)10-16(28-20)21(26)27/h4,7-10,12H,1-3,5-6,11H2,(H,24,25)(H,26,27). The summed E-state index contributed by atoms with van der Waals surface area (Å²) in [6.45, 7) is -0.301. The highest BCUT2D eigenvalue weighted by Gasteiger charge is 2.29. The van der Waals surface area contributed by atoms with Crippen molar-refractivity contribution in [2.45, 2.75) is 44.6 Å². The first-order valence-corrected chi connectivity index (χ1v) is 10.1. The largest absolute Gasteiger partial charge is 0.480 e. The lowest BCUT2D eigenvalue weighted by Crippen LogP contribution is -2.12. The molecule has 3 aromatic rings. The third-order valence-electron chi connectivity index (χ3n) is 5.39. The van der Waals surface area contributed by atoms with Crippen molar-refractivity contribution >= 4 is 33.5 Å². The van der Waals surface area contributed by atoms with Crippen LogP contribution in [0.4, 0.5) is 4.39 Å². The topological polar surface area (TPSA) is 79.5 Å². The van der Waals surface area contributed by atoms with Crippen LogP contribution in [0.15, 0.2) is 30.3 Å². The fourth-order valence-electron chi connectivity index (χ4n) is 4.27. The predicted molar refractivity (Wildman–Crippen MR) is 106 cm³/mol. The zero-order valence-corrected chi connectivity index (χ0v) is 16.0. The minimum Gasteiger partial charge on any atom is -0.480 e. The van der Waals surface area contributed by atoms with Crippen molar-refractivity contribution in [3.05, 3.63) is 46.6 Å². The van der Waals surface area contributed by atoms with E-state index in [0.717, 1.165) is 42.4 Å². The van der Waals surface area contributed by atoms with Crippen LogP contribution in [0.3, 0.4) is 0 Å². The third-order valence-corrected chi connectivity index (χ3v) is 6.53. The van der Waals surface area contributed by atoms with Crippen molar-refractivity contribution in [2.24, 2.45) is 0 Å². The smallest absolute Gasteiger partial charge is 0.345 e. The van der Waals surface area contributed by atoms with Crippen LogP contribution in [0.2, 0.25) is 0 Å². The van der Waals surface area contributed by atoms with Crippen molar-refractivity contribution in [1.29, 1.82) is 0 Å². The molecule has 28 heavy (non-hydrogen) atoms. The van der Waals surface area contributed by atoms with Gasteiger partial charge in [0.2, 0.25) is 0 Å². The summed E-state index contributed by atoms with van der Waals surface area (Å²) in [5.41, 5.74) is 2.90. The molecule has 1 aliphatic rings. The van der Waals surface area contributed by atoms with Gasteiger partial charge in [-0.25, -0.2) is 9.18 Å². The number of benzene rings is 1. The lowest BCUT2D eigenvalue weighted by atomic mass is 9.83. The molecule has 1 aromatic carbocycles. The first-order valence-electron chi connectivity index (χ1n) is 9.32. The lowest BCUT2D eigenvalue weighted by Gasteiger charge is -2.23. The van der Waals surface area contributed by atoms with E-state index < -0.39 is 11.9 Å². The van der Waals surface area contributed by atoms with E-state index in [4.69, 9.17) is 0 Å². The van der Waals surface area contributed by atoms with Crippen molar-refractivity contribution in [1.82, 2.24) is 4.57 Å². The molecule has 7 heteroatoms. The second kappa shape index (κ2) is 7.39. The molecule has 2 N–H and O–H groups in total. The summed E-state index contributed by atoms with van der Waals surface area (Å²) in [5, 5.41) is 18.9. The lowest BCUT2D eigenvalue weighted by molar-refractivity contribution is -0.137. The van der Waals surface area contributed by atoms with Crippen LogP contribution in [-0.4, -0.2) is 26.7 Å². The Kier molecular flexibility index (Phi) is 4.93. The number of fused-ring (bicyclic) bond motifs is 1. The van der Waals surface area contributed by atoms with Gasteiger partial charge in [-0.15, -0.1) is 11.3 Å². The minimum absolute atomic E-state index is 0.187. The SMILES string of the molecule is O=C(O)Cn1c(-c2cccc(F)c2)c(C2CCCCC2)c2sc(C(=O)O)cc21. The van der Waals surface area contributed by atoms with Crippen LogP contribution in [0.25, 0.3) is 21.5 Å². The van der Waals surface area contributed by atoms with Gasteiger partial charge in [-0.1, -0.05) is 31.4 Å². The molecule has 2 aromatic heterocycles. The number of hydrogen-bond donors (Lipinski definition) is 2. The number of carbonyl (C=O) groups is 2. The van der Waals surface area contributed by atoms with Crippen LogP contribution in [0.5, 0.6) is 0 Å². The van der Waals surface area contributed by atoms with Gasteiger partial charge >= 0.3 is 11.9 Å². The van der Waals surface area contributed by atoms with Gasteiger partial charge in [-0.2, -0.15) is 0 Å². The van der Waals surface area contributed by atoms with Gasteiger partial charge in [-0.05, 0) is 42.5 Å². The molecular formula is C21H20FNO4S. The quantitative estimate of drug-likeness (QED) is 0.605. The van der Waals surface area contributed by atoms with Gasteiger partial charge in [0.1, 0.15) is 17.2 Å². The summed E-state index contributed by atoms with van der Waals surface area (Å²) in [5.74, 6) is -2.22. The van der Waals surface area contributed by atoms with E-state index >= 15 is 0 Å². The van der Waals surface area contributed by atoms with E-state index in [1.54, 1.807) is 22.8 Å². The Morgan fingerprint density at radius 3 is 2.54 bits per heavy atom. The maximum atomic E-state index is 14.0. The van der Waals surface area contributed by atoms with E-state index in [0.29, 0.717) is 16.8 Å². The molecule has 1 saturated carbocycles. The van der Waals surface area contributed by atoms with E-state index in [9.17, 15) is 24.2 Å². The number of carboxylic acid groups (broad SMARTS) is 2. The summed E-state index contributed by atoms with van der Waals surface area (Å²) in [6, 6.07) is 7.72. The first-order chi connectivity index (χ1) is 13.5. The number of hydrogen-bond acceptors (Lipinski definition) is 3. The number of aromatic carboxylic acids is 1. The van der Waals surface area contributed by atoms with Crippen LogP contribution in [-0.2, 0) is 11.3 Å². The highest BCUT2D eigenvalue weighted by Crippen LogP contribution is 2.46.